The molecule has 1 aliphatic heterocycles. The molecule has 2 aromatic rings. The van der Waals surface area contributed by atoms with Crippen LogP contribution in [-0.4, -0.2) is 30.6 Å². The summed E-state index contributed by atoms with van der Waals surface area (Å²) in [6.07, 6.45) is 7.07. The molecule has 0 aliphatic carbocycles. The lowest BCUT2D eigenvalue weighted by atomic mass is 10.1. The van der Waals surface area contributed by atoms with Gasteiger partial charge in [-0.05, 0) is 70.9 Å². The van der Waals surface area contributed by atoms with Gasteiger partial charge in [0.25, 0.3) is 5.91 Å². The summed E-state index contributed by atoms with van der Waals surface area (Å²) in [5.41, 5.74) is 1.46. The highest BCUT2D eigenvalue weighted by Crippen LogP contribution is 2.40. The van der Waals surface area contributed by atoms with Crippen LogP contribution in [0, 0.1) is 12.3 Å². The summed E-state index contributed by atoms with van der Waals surface area (Å²) < 4.78 is 17.6. The largest absolute Gasteiger partial charge is 0.497 e. The standard InChI is InChI=1S/C22H18BrNO4S2/c1-4-10-28-20-17(23)11-14(12-18(20)27-5-2)13-19-21(25)24(22(29)30-19)15-6-8-16(26-3)9-7-15/h1,6-9,11-13H,5,10H2,2-3H3/b19-13+. The molecule has 30 heavy (non-hydrogen) atoms. The number of thioether (sulfide) groups is 1. The predicted octanol–water partition coefficient (Wildman–Crippen LogP) is 5.27. The minimum absolute atomic E-state index is 0.124. The van der Waals surface area contributed by atoms with Gasteiger partial charge in [0.15, 0.2) is 15.8 Å². The number of terminal acetylenes is 1. The molecule has 0 saturated carbocycles. The van der Waals surface area contributed by atoms with Crippen molar-refractivity contribution in [3.8, 4) is 29.6 Å². The third-order valence-corrected chi connectivity index (χ3v) is 5.94. The predicted molar refractivity (Wildman–Crippen MR) is 128 cm³/mol. The van der Waals surface area contributed by atoms with Crippen LogP contribution in [0.15, 0.2) is 45.8 Å². The third kappa shape index (κ3) is 4.81. The summed E-state index contributed by atoms with van der Waals surface area (Å²) in [5.74, 6) is 4.03. The molecule has 1 amide bonds. The van der Waals surface area contributed by atoms with Crippen LogP contribution in [0.3, 0.4) is 0 Å². The number of methoxy groups -OCH3 is 1. The molecule has 2 aromatic carbocycles. The number of rotatable bonds is 7. The Balaban J connectivity index is 1.91. The van der Waals surface area contributed by atoms with E-state index < -0.39 is 0 Å². The van der Waals surface area contributed by atoms with Crippen LogP contribution in [0.25, 0.3) is 6.08 Å². The fourth-order valence-corrected chi connectivity index (χ4v) is 4.63. The van der Waals surface area contributed by atoms with E-state index in [-0.39, 0.29) is 12.5 Å². The molecule has 3 rings (SSSR count). The zero-order valence-corrected chi connectivity index (χ0v) is 19.5. The number of halogens is 1. The van der Waals surface area contributed by atoms with E-state index in [1.54, 1.807) is 43.5 Å². The molecule has 0 N–H and O–H groups in total. The molecule has 1 aliphatic rings. The Bertz CT molecular complexity index is 1040. The van der Waals surface area contributed by atoms with Gasteiger partial charge in [-0.1, -0.05) is 29.9 Å². The zero-order valence-electron chi connectivity index (χ0n) is 16.3. The number of carbonyl (C=O) groups excluding carboxylic acids is 1. The lowest BCUT2D eigenvalue weighted by molar-refractivity contribution is -0.113. The molecule has 0 radical (unpaired) electrons. The number of carbonyl (C=O) groups is 1. The van der Waals surface area contributed by atoms with Crippen molar-refractivity contribution in [2.24, 2.45) is 0 Å². The second kappa shape index (κ2) is 10.0. The molecule has 0 aromatic heterocycles. The molecule has 0 bridgehead atoms. The van der Waals surface area contributed by atoms with Crippen LogP contribution in [0.1, 0.15) is 12.5 Å². The van der Waals surface area contributed by atoms with Crippen LogP contribution < -0.4 is 19.1 Å². The molecule has 0 spiro atoms. The maximum atomic E-state index is 13.0. The second-order valence-corrected chi connectivity index (χ2v) is 8.50. The van der Waals surface area contributed by atoms with Gasteiger partial charge in [-0.2, -0.15) is 0 Å². The maximum absolute atomic E-state index is 13.0. The molecule has 154 valence electrons. The first-order valence-electron chi connectivity index (χ1n) is 8.93. The molecule has 1 fully saturated rings. The number of ether oxygens (including phenoxy) is 3. The fourth-order valence-electron chi connectivity index (χ4n) is 2.76. The summed E-state index contributed by atoms with van der Waals surface area (Å²) in [6, 6.07) is 10.8. The highest BCUT2D eigenvalue weighted by molar-refractivity contribution is 9.10. The smallest absolute Gasteiger partial charge is 0.270 e. The van der Waals surface area contributed by atoms with E-state index in [9.17, 15) is 4.79 Å². The molecule has 1 heterocycles. The molecule has 1 saturated heterocycles. The minimum Gasteiger partial charge on any atom is -0.497 e. The number of amides is 1. The Kier molecular flexibility index (Phi) is 7.43. The quantitative estimate of drug-likeness (QED) is 0.291. The van der Waals surface area contributed by atoms with Gasteiger partial charge in [0.05, 0.1) is 28.8 Å². The van der Waals surface area contributed by atoms with E-state index in [0.29, 0.717) is 43.2 Å². The first-order valence-corrected chi connectivity index (χ1v) is 10.9. The normalized spacial score (nSPS) is 14.7. The van der Waals surface area contributed by atoms with Crippen molar-refractivity contribution in [3.05, 3.63) is 51.3 Å². The lowest BCUT2D eigenvalue weighted by Gasteiger charge is -2.15. The number of anilines is 1. The second-order valence-electron chi connectivity index (χ2n) is 5.97. The molecule has 5 nitrogen and oxygen atoms in total. The molecular formula is C22H18BrNO4S2. The minimum atomic E-state index is -0.183. The monoisotopic (exact) mass is 503 g/mol. The van der Waals surface area contributed by atoms with Crippen LogP contribution in [0.5, 0.6) is 17.2 Å². The molecule has 8 heteroatoms. The molecule has 0 unspecified atom stereocenters. The van der Waals surface area contributed by atoms with E-state index in [4.69, 9.17) is 32.9 Å². The summed E-state index contributed by atoms with van der Waals surface area (Å²) in [5, 5.41) is 0. The number of thiocarbonyl (C=S) groups is 1. The van der Waals surface area contributed by atoms with Gasteiger partial charge in [-0.25, -0.2) is 0 Å². The SMILES string of the molecule is C#CCOc1c(Br)cc(/C=C2/SC(=S)N(c3ccc(OC)cc3)C2=O)cc1OCC. The van der Waals surface area contributed by atoms with Crippen molar-refractivity contribution in [1.29, 1.82) is 0 Å². The number of hydrogen-bond donors (Lipinski definition) is 0. The Morgan fingerprint density at radius 2 is 2.00 bits per heavy atom. The Hall–Kier alpha value is -2.47. The fraction of sp³-hybridized carbons (Fsp3) is 0.182. The van der Waals surface area contributed by atoms with Crippen molar-refractivity contribution in [3.63, 3.8) is 0 Å². The third-order valence-electron chi connectivity index (χ3n) is 4.05. The van der Waals surface area contributed by atoms with Crippen molar-refractivity contribution in [2.75, 3.05) is 25.2 Å². The highest BCUT2D eigenvalue weighted by Gasteiger charge is 2.33. The van der Waals surface area contributed by atoms with Gasteiger partial charge < -0.3 is 14.2 Å². The molecule has 0 atom stereocenters. The van der Waals surface area contributed by atoms with Crippen molar-refractivity contribution >= 4 is 61.9 Å². The average Bonchev–Trinajstić information content (AvgIpc) is 3.00. The van der Waals surface area contributed by atoms with Gasteiger partial charge in [0, 0.05) is 0 Å². The van der Waals surface area contributed by atoms with E-state index >= 15 is 0 Å². The van der Waals surface area contributed by atoms with E-state index in [0.717, 1.165) is 5.56 Å². The number of hydrogen-bond acceptors (Lipinski definition) is 6. The van der Waals surface area contributed by atoms with Gasteiger partial charge >= 0.3 is 0 Å². The summed E-state index contributed by atoms with van der Waals surface area (Å²) in [7, 11) is 1.59. The Morgan fingerprint density at radius 1 is 1.27 bits per heavy atom. The topological polar surface area (TPSA) is 48.0 Å². The first-order chi connectivity index (χ1) is 14.5. The van der Waals surface area contributed by atoms with Gasteiger partial charge in [0.2, 0.25) is 0 Å². The van der Waals surface area contributed by atoms with Crippen LogP contribution in [0.4, 0.5) is 5.69 Å². The van der Waals surface area contributed by atoms with Crippen molar-refractivity contribution in [1.82, 2.24) is 0 Å². The maximum Gasteiger partial charge on any atom is 0.270 e. The Labute approximate surface area is 193 Å². The van der Waals surface area contributed by atoms with Gasteiger partial charge in [-0.3, -0.25) is 9.69 Å². The summed E-state index contributed by atoms with van der Waals surface area (Å²) in [4.78, 5) is 15.0. The summed E-state index contributed by atoms with van der Waals surface area (Å²) >= 11 is 10.2. The lowest BCUT2D eigenvalue weighted by Crippen LogP contribution is -2.27. The zero-order chi connectivity index (χ0) is 21.7. The van der Waals surface area contributed by atoms with E-state index in [2.05, 4.69) is 21.9 Å². The van der Waals surface area contributed by atoms with Crippen LogP contribution >= 0.6 is 39.9 Å². The van der Waals surface area contributed by atoms with Gasteiger partial charge in [-0.15, -0.1) is 6.42 Å². The summed E-state index contributed by atoms with van der Waals surface area (Å²) in [6.45, 7) is 2.46. The van der Waals surface area contributed by atoms with Crippen molar-refractivity contribution < 1.29 is 19.0 Å². The van der Waals surface area contributed by atoms with Crippen LogP contribution in [0.2, 0.25) is 0 Å². The van der Waals surface area contributed by atoms with Crippen LogP contribution in [-0.2, 0) is 4.79 Å². The van der Waals surface area contributed by atoms with E-state index in [1.165, 1.54) is 16.7 Å². The molecular weight excluding hydrogens is 486 g/mol. The Morgan fingerprint density at radius 3 is 2.63 bits per heavy atom. The average molecular weight is 504 g/mol. The van der Waals surface area contributed by atoms with Gasteiger partial charge in [0.1, 0.15) is 12.4 Å². The number of benzene rings is 2. The number of nitrogens with zero attached hydrogens (tertiary/aromatic N) is 1. The van der Waals surface area contributed by atoms with Crippen molar-refractivity contribution in [2.45, 2.75) is 6.92 Å². The van der Waals surface area contributed by atoms with E-state index in [1.807, 2.05) is 13.0 Å². The highest BCUT2D eigenvalue weighted by atomic mass is 79.9. The first kappa shape index (κ1) is 22.2.